The second kappa shape index (κ2) is 9.97. The summed E-state index contributed by atoms with van der Waals surface area (Å²) >= 11 is 1.28. The average Bonchev–Trinajstić information content (AvgIpc) is 3.58. The molecule has 0 bridgehead atoms. The summed E-state index contributed by atoms with van der Waals surface area (Å²) in [4.78, 5) is 41.1. The number of H-pyrrole nitrogens is 1. The van der Waals surface area contributed by atoms with Crippen molar-refractivity contribution in [1.82, 2.24) is 15.6 Å². The predicted molar refractivity (Wildman–Crippen MR) is 119 cm³/mol. The first-order valence-electron chi connectivity index (χ1n) is 9.95. The van der Waals surface area contributed by atoms with Crippen LogP contribution in [0.3, 0.4) is 0 Å². The summed E-state index contributed by atoms with van der Waals surface area (Å²) in [6.45, 7) is -0.268. The number of hydrogen-bond acceptors (Lipinski definition) is 6. The van der Waals surface area contributed by atoms with Crippen molar-refractivity contribution in [3.8, 4) is 0 Å². The minimum Gasteiger partial charge on any atom is -0.467 e. The van der Waals surface area contributed by atoms with E-state index < -0.39 is 24.5 Å². The first-order chi connectivity index (χ1) is 15.6. The molecule has 0 aliphatic carbocycles. The quantitative estimate of drug-likeness (QED) is 0.339. The van der Waals surface area contributed by atoms with Crippen molar-refractivity contribution in [3.05, 3.63) is 82.6 Å². The molecule has 0 aliphatic heterocycles. The van der Waals surface area contributed by atoms with Crippen LogP contribution in [0.1, 0.15) is 21.0 Å². The molecule has 0 saturated carbocycles. The van der Waals surface area contributed by atoms with Gasteiger partial charge in [0.1, 0.15) is 11.8 Å². The SMILES string of the molecule is O=C(COC(=O)[C@H](Cc1c[nH]c2ccccc12)NC(=O)c1cccs1)NCc1ccco1. The Hall–Kier alpha value is -3.85. The van der Waals surface area contributed by atoms with E-state index in [1.165, 1.54) is 17.6 Å². The number of carbonyl (C=O) groups excluding carboxylic acids is 3. The standard InChI is InChI=1S/C23H21N3O5S/c27-21(25-13-16-5-3-9-30-16)14-31-23(29)19(26-22(28)20-8-4-10-32-20)11-15-12-24-18-7-2-1-6-17(15)18/h1-10,12,19,24H,11,13-14H2,(H,25,27)(H,26,28)/t19-/m0/s1. The third-order valence-corrected chi connectivity index (χ3v) is 5.69. The molecule has 164 valence electrons. The van der Waals surface area contributed by atoms with Crippen molar-refractivity contribution in [2.75, 3.05) is 6.61 Å². The first kappa shape index (κ1) is 21.4. The highest BCUT2D eigenvalue weighted by atomic mass is 32.1. The van der Waals surface area contributed by atoms with Gasteiger partial charge in [0.2, 0.25) is 0 Å². The van der Waals surface area contributed by atoms with Gasteiger partial charge in [-0.05, 0) is 35.2 Å². The van der Waals surface area contributed by atoms with E-state index in [0.717, 1.165) is 16.5 Å². The number of fused-ring (bicyclic) bond motifs is 1. The Bertz CT molecular complexity index is 1200. The van der Waals surface area contributed by atoms with Crippen LogP contribution in [0.4, 0.5) is 0 Å². The minimum atomic E-state index is -0.957. The summed E-state index contributed by atoms with van der Waals surface area (Å²) in [5.74, 6) is -0.937. The number of furan rings is 1. The van der Waals surface area contributed by atoms with Gasteiger partial charge in [-0.2, -0.15) is 0 Å². The topological polar surface area (TPSA) is 113 Å². The van der Waals surface area contributed by atoms with E-state index in [-0.39, 0.29) is 18.9 Å². The maximum Gasteiger partial charge on any atom is 0.329 e. The number of hydrogen-bond donors (Lipinski definition) is 3. The van der Waals surface area contributed by atoms with Gasteiger partial charge in [-0.15, -0.1) is 11.3 Å². The molecule has 4 rings (SSSR count). The van der Waals surface area contributed by atoms with Gasteiger partial charge < -0.3 is 24.8 Å². The first-order valence-corrected chi connectivity index (χ1v) is 10.8. The van der Waals surface area contributed by atoms with Gasteiger partial charge in [-0.1, -0.05) is 24.3 Å². The molecule has 0 fully saturated rings. The Kier molecular flexibility index (Phi) is 6.66. The van der Waals surface area contributed by atoms with E-state index in [2.05, 4.69) is 15.6 Å². The van der Waals surface area contributed by atoms with E-state index in [4.69, 9.17) is 9.15 Å². The lowest BCUT2D eigenvalue weighted by Crippen LogP contribution is -2.44. The molecular formula is C23H21N3O5S. The van der Waals surface area contributed by atoms with Gasteiger partial charge in [-0.3, -0.25) is 9.59 Å². The number of esters is 1. The van der Waals surface area contributed by atoms with Gasteiger partial charge in [0.05, 0.1) is 17.7 Å². The Balaban J connectivity index is 1.42. The van der Waals surface area contributed by atoms with E-state index in [1.54, 1.807) is 35.8 Å². The monoisotopic (exact) mass is 451 g/mol. The Morgan fingerprint density at radius 3 is 2.75 bits per heavy atom. The number of thiophene rings is 1. The molecule has 3 heterocycles. The average molecular weight is 452 g/mol. The number of aromatic nitrogens is 1. The number of ether oxygens (including phenoxy) is 1. The van der Waals surface area contributed by atoms with Crippen LogP contribution in [0.5, 0.6) is 0 Å². The zero-order chi connectivity index (χ0) is 22.3. The van der Waals surface area contributed by atoms with Crippen LogP contribution in [-0.2, 0) is 27.3 Å². The Morgan fingerprint density at radius 2 is 1.97 bits per heavy atom. The van der Waals surface area contributed by atoms with Crippen LogP contribution < -0.4 is 10.6 Å². The lowest BCUT2D eigenvalue weighted by Gasteiger charge is -2.17. The fourth-order valence-corrected chi connectivity index (χ4v) is 3.86. The van der Waals surface area contributed by atoms with Crippen LogP contribution >= 0.6 is 11.3 Å². The molecule has 0 radical (unpaired) electrons. The maximum absolute atomic E-state index is 12.8. The van der Waals surface area contributed by atoms with Crippen molar-refractivity contribution < 1.29 is 23.5 Å². The molecule has 3 N–H and O–H groups in total. The van der Waals surface area contributed by atoms with E-state index in [0.29, 0.717) is 10.6 Å². The highest BCUT2D eigenvalue weighted by Crippen LogP contribution is 2.20. The summed E-state index contributed by atoms with van der Waals surface area (Å²) < 4.78 is 10.4. The smallest absolute Gasteiger partial charge is 0.329 e. The third kappa shape index (κ3) is 5.25. The van der Waals surface area contributed by atoms with Gasteiger partial charge >= 0.3 is 5.97 Å². The molecule has 32 heavy (non-hydrogen) atoms. The molecule has 1 aromatic carbocycles. The normalized spacial score (nSPS) is 11.8. The fraction of sp³-hybridized carbons (Fsp3) is 0.174. The van der Waals surface area contributed by atoms with Gasteiger partial charge in [0.25, 0.3) is 11.8 Å². The number of rotatable bonds is 9. The molecule has 0 saturated heterocycles. The number of para-hydroxylation sites is 1. The second-order valence-electron chi connectivity index (χ2n) is 7.03. The molecule has 2 amide bonds. The van der Waals surface area contributed by atoms with Crippen molar-refractivity contribution in [1.29, 1.82) is 0 Å². The van der Waals surface area contributed by atoms with Gasteiger partial charge in [0, 0.05) is 23.5 Å². The summed E-state index contributed by atoms with van der Waals surface area (Å²) in [6, 6.07) is 13.6. The lowest BCUT2D eigenvalue weighted by atomic mass is 10.0. The third-order valence-electron chi connectivity index (χ3n) is 4.82. The number of aromatic amines is 1. The number of benzene rings is 1. The molecule has 0 aliphatic rings. The molecular weight excluding hydrogens is 430 g/mol. The van der Waals surface area contributed by atoms with E-state index >= 15 is 0 Å². The predicted octanol–water partition coefficient (Wildman–Crippen LogP) is 3.02. The molecule has 9 heteroatoms. The molecule has 3 aromatic heterocycles. The number of nitrogens with one attached hydrogen (secondary N) is 3. The van der Waals surface area contributed by atoms with Gasteiger partial charge in [0.15, 0.2) is 6.61 Å². The van der Waals surface area contributed by atoms with Crippen molar-refractivity contribution in [2.24, 2.45) is 0 Å². The molecule has 1 atom stereocenters. The van der Waals surface area contributed by atoms with Crippen LogP contribution in [-0.4, -0.2) is 35.4 Å². The molecule has 0 spiro atoms. The second-order valence-corrected chi connectivity index (χ2v) is 7.98. The van der Waals surface area contributed by atoms with Crippen LogP contribution in [0.2, 0.25) is 0 Å². The molecule has 4 aromatic rings. The van der Waals surface area contributed by atoms with Gasteiger partial charge in [-0.25, -0.2) is 4.79 Å². The van der Waals surface area contributed by atoms with E-state index in [1.807, 2.05) is 24.3 Å². The minimum absolute atomic E-state index is 0.192. The highest BCUT2D eigenvalue weighted by molar-refractivity contribution is 7.12. The zero-order valence-electron chi connectivity index (χ0n) is 17.0. The summed E-state index contributed by atoms with van der Waals surface area (Å²) in [7, 11) is 0. The maximum atomic E-state index is 12.8. The highest BCUT2D eigenvalue weighted by Gasteiger charge is 2.25. The Labute approximate surface area is 187 Å². The van der Waals surface area contributed by atoms with Crippen LogP contribution in [0.25, 0.3) is 10.9 Å². The lowest BCUT2D eigenvalue weighted by molar-refractivity contribution is -0.150. The van der Waals surface area contributed by atoms with Crippen molar-refractivity contribution in [2.45, 2.75) is 19.0 Å². The fourth-order valence-electron chi connectivity index (χ4n) is 3.24. The van der Waals surface area contributed by atoms with Crippen LogP contribution in [0, 0.1) is 0 Å². The molecule has 8 nitrogen and oxygen atoms in total. The van der Waals surface area contributed by atoms with Crippen molar-refractivity contribution >= 4 is 40.0 Å². The van der Waals surface area contributed by atoms with E-state index in [9.17, 15) is 14.4 Å². The zero-order valence-corrected chi connectivity index (χ0v) is 17.8. The summed E-state index contributed by atoms with van der Waals surface area (Å²) in [5.41, 5.74) is 1.79. The summed E-state index contributed by atoms with van der Waals surface area (Å²) in [5, 5.41) is 8.08. The summed E-state index contributed by atoms with van der Waals surface area (Å²) in [6.07, 6.45) is 3.53. The largest absolute Gasteiger partial charge is 0.467 e. The molecule has 0 unspecified atom stereocenters. The number of amides is 2. The Morgan fingerprint density at radius 1 is 1.09 bits per heavy atom. The number of carbonyl (C=O) groups is 3. The van der Waals surface area contributed by atoms with Crippen molar-refractivity contribution in [3.63, 3.8) is 0 Å². The van der Waals surface area contributed by atoms with Crippen LogP contribution in [0.15, 0.2) is 70.8 Å².